The average Bonchev–Trinajstić information content (AvgIpc) is 3.05. The summed E-state index contributed by atoms with van der Waals surface area (Å²) in [5.74, 6) is 0. The number of fused-ring (bicyclic) bond motifs is 3. The molecular formula is C19H23N3O2. The molecule has 2 aliphatic rings. The summed E-state index contributed by atoms with van der Waals surface area (Å²) < 4.78 is 5.60. The van der Waals surface area contributed by atoms with Crippen molar-refractivity contribution in [3.8, 4) is 0 Å². The monoisotopic (exact) mass is 325 g/mol. The van der Waals surface area contributed by atoms with Crippen molar-refractivity contribution in [1.82, 2.24) is 14.9 Å². The first kappa shape index (κ1) is 15.2. The molecule has 2 atom stereocenters. The van der Waals surface area contributed by atoms with E-state index in [1.807, 2.05) is 44.1 Å². The predicted molar refractivity (Wildman–Crippen MR) is 93.6 cm³/mol. The number of nitrogens with one attached hydrogen (secondary N) is 1. The van der Waals surface area contributed by atoms with Crippen LogP contribution in [0.15, 0.2) is 30.7 Å². The summed E-state index contributed by atoms with van der Waals surface area (Å²) in [4.78, 5) is 21.9. The molecule has 2 unspecified atom stereocenters. The molecule has 4 rings (SSSR count). The van der Waals surface area contributed by atoms with Crippen molar-refractivity contribution in [2.75, 3.05) is 0 Å². The molecule has 2 aromatic heterocycles. The fourth-order valence-corrected chi connectivity index (χ4v) is 3.87. The zero-order valence-corrected chi connectivity index (χ0v) is 14.4. The first-order chi connectivity index (χ1) is 11.4. The van der Waals surface area contributed by atoms with Gasteiger partial charge in [0.2, 0.25) is 0 Å². The topological polar surface area (TPSA) is 58.2 Å². The van der Waals surface area contributed by atoms with Crippen molar-refractivity contribution in [3.63, 3.8) is 0 Å². The number of nitrogens with zero attached hydrogens (tertiary/aromatic N) is 2. The van der Waals surface area contributed by atoms with E-state index in [4.69, 9.17) is 4.74 Å². The van der Waals surface area contributed by atoms with E-state index < -0.39 is 5.60 Å². The van der Waals surface area contributed by atoms with Crippen LogP contribution in [0.3, 0.4) is 0 Å². The van der Waals surface area contributed by atoms with E-state index in [1.165, 1.54) is 16.5 Å². The molecule has 0 spiro atoms. The van der Waals surface area contributed by atoms with Crippen molar-refractivity contribution in [3.05, 3.63) is 36.3 Å². The van der Waals surface area contributed by atoms with Gasteiger partial charge >= 0.3 is 6.09 Å². The third-order valence-corrected chi connectivity index (χ3v) is 4.83. The molecule has 2 aromatic rings. The molecule has 1 fully saturated rings. The van der Waals surface area contributed by atoms with Gasteiger partial charge < -0.3 is 9.72 Å². The smallest absolute Gasteiger partial charge is 0.411 e. The molecule has 4 heterocycles. The predicted octanol–water partition coefficient (Wildman–Crippen LogP) is 4.12. The molecule has 0 radical (unpaired) electrons. The summed E-state index contributed by atoms with van der Waals surface area (Å²) in [6.07, 6.45) is 10.7. The van der Waals surface area contributed by atoms with Crippen molar-refractivity contribution in [2.24, 2.45) is 0 Å². The maximum Gasteiger partial charge on any atom is 0.411 e. The minimum Gasteiger partial charge on any atom is -0.444 e. The fourth-order valence-electron chi connectivity index (χ4n) is 3.87. The third kappa shape index (κ3) is 2.58. The molecule has 5 heteroatoms. The Morgan fingerprint density at radius 2 is 2.21 bits per heavy atom. The Morgan fingerprint density at radius 1 is 1.38 bits per heavy atom. The van der Waals surface area contributed by atoms with Gasteiger partial charge in [-0.05, 0) is 51.7 Å². The first-order valence-corrected chi connectivity index (χ1v) is 8.56. The van der Waals surface area contributed by atoms with Crippen LogP contribution in [0, 0.1) is 0 Å². The van der Waals surface area contributed by atoms with Crippen molar-refractivity contribution >= 4 is 22.6 Å². The number of carbonyl (C=O) groups is 1. The molecule has 0 aliphatic carbocycles. The van der Waals surface area contributed by atoms with E-state index in [-0.39, 0.29) is 18.2 Å². The highest BCUT2D eigenvalue weighted by Gasteiger charge is 2.41. The summed E-state index contributed by atoms with van der Waals surface area (Å²) in [5.41, 5.74) is 3.15. The van der Waals surface area contributed by atoms with Crippen molar-refractivity contribution < 1.29 is 9.53 Å². The van der Waals surface area contributed by atoms with Crippen LogP contribution in [0.25, 0.3) is 16.5 Å². The quantitative estimate of drug-likeness (QED) is 0.858. The highest BCUT2D eigenvalue weighted by atomic mass is 16.6. The van der Waals surface area contributed by atoms with Crippen LogP contribution >= 0.6 is 0 Å². The molecule has 1 amide bonds. The number of aromatic amines is 1. The minimum absolute atomic E-state index is 0.139. The Hall–Kier alpha value is -2.30. The largest absolute Gasteiger partial charge is 0.444 e. The highest BCUT2D eigenvalue weighted by Crippen LogP contribution is 2.40. The number of aromatic nitrogens is 2. The molecule has 5 nitrogen and oxygen atoms in total. The Kier molecular flexibility index (Phi) is 3.41. The number of carbonyl (C=O) groups excluding carboxylic acids is 1. The van der Waals surface area contributed by atoms with Crippen molar-refractivity contribution in [2.45, 2.75) is 57.7 Å². The maximum atomic E-state index is 12.5. The number of hydrogen-bond donors (Lipinski definition) is 1. The third-order valence-electron chi connectivity index (χ3n) is 4.83. The fraction of sp³-hybridized carbons (Fsp3) is 0.474. The van der Waals surface area contributed by atoms with E-state index in [0.717, 1.165) is 24.8 Å². The molecule has 0 saturated carbocycles. The molecule has 24 heavy (non-hydrogen) atoms. The lowest BCUT2D eigenvalue weighted by molar-refractivity contribution is 0.0175. The molecule has 126 valence electrons. The number of H-pyrrole nitrogens is 1. The van der Waals surface area contributed by atoms with Crippen molar-refractivity contribution in [1.29, 1.82) is 0 Å². The lowest BCUT2D eigenvalue weighted by Gasteiger charge is -2.35. The lowest BCUT2D eigenvalue weighted by atomic mass is 9.95. The minimum atomic E-state index is -0.454. The summed E-state index contributed by atoms with van der Waals surface area (Å²) in [6, 6.07) is 2.42. The second kappa shape index (κ2) is 5.36. The highest BCUT2D eigenvalue weighted by molar-refractivity contribution is 5.92. The second-order valence-electron chi connectivity index (χ2n) is 7.71. The lowest BCUT2D eigenvalue weighted by Crippen LogP contribution is -2.45. The second-order valence-corrected chi connectivity index (χ2v) is 7.71. The van der Waals surface area contributed by atoms with Gasteiger partial charge in [0, 0.05) is 29.4 Å². The van der Waals surface area contributed by atoms with E-state index in [0.29, 0.717) is 0 Å². The normalized spacial score (nSPS) is 23.5. The molecule has 1 saturated heterocycles. The van der Waals surface area contributed by atoms with Crippen LogP contribution in [0.5, 0.6) is 0 Å². The summed E-state index contributed by atoms with van der Waals surface area (Å²) in [6.45, 7) is 5.74. The van der Waals surface area contributed by atoms with Crippen LogP contribution in [0.1, 0.15) is 45.6 Å². The zero-order valence-electron chi connectivity index (χ0n) is 14.4. The summed E-state index contributed by atoms with van der Waals surface area (Å²) in [5, 5.41) is 1.20. The van der Waals surface area contributed by atoms with E-state index in [9.17, 15) is 4.79 Å². The van der Waals surface area contributed by atoms with Crippen LogP contribution in [0.4, 0.5) is 4.79 Å². The van der Waals surface area contributed by atoms with Gasteiger partial charge in [-0.1, -0.05) is 6.08 Å². The SMILES string of the molecule is CC(C)(C)OC(=O)N1C2C=C(c3c[nH]c4cnccc34)CC1CC2. The maximum absolute atomic E-state index is 12.5. The van der Waals surface area contributed by atoms with Gasteiger partial charge in [-0.3, -0.25) is 9.88 Å². The average molecular weight is 325 g/mol. The molecule has 2 bridgehead atoms. The Labute approximate surface area is 141 Å². The van der Waals surface area contributed by atoms with E-state index in [2.05, 4.69) is 22.2 Å². The van der Waals surface area contributed by atoms with Gasteiger partial charge in [0.25, 0.3) is 0 Å². The van der Waals surface area contributed by atoms with E-state index >= 15 is 0 Å². The molecule has 0 aromatic carbocycles. The zero-order chi connectivity index (χ0) is 16.9. The van der Waals surface area contributed by atoms with Gasteiger partial charge in [-0.2, -0.15) is 0 Å². The number of hydrogen-bond acceptors (Lipinski definition) is 3. The number of pyridine rings is 1. The Morgan fingerprint density at radius 3 is 2.96 bits per heavy atom. The Bertz CT molecular complexity index is 815. The van der Waals surface area contributed by atoms with E-state index in [1.54, 1.807) is 0 Å². The van der Waals surface area contributed by atoms with Crippen LogP contribution in [-0.2, 0) is 4.74 Å². The number of rotatable bonds is 1. The van der Waals surface area contributed by atoms with Gasteiger partial charge in [0.05, 0.1) is 17.8 Å². The first-order valence-electron chi connectivity index (χ1n) is 8.56. The summed E-state index contributed by atoms with van der Waals surface area (Å²) >= 11 is 0. The molecular weight excluding hydrogens is 302 g/mol. The molecule has 1 N–H and O–H groups in total. The van der Waals surface area contributed by atoms with Gasteiger partial charge in [-0.15, -0.1) is 0 Å². The summed E-state index contributed by atoms with van der Waals surface area (Å²) in [7, 11) is 0. The van der Waals surface area contributed by atoms with Gasteiger partial charge in [-0.25, -0.2) is 4.79 Å². The van der Waals surface area contributed by atoms with Gasteiger partial charge in [0.15, 0.2) is 0 Å². The van der Waals surface area contributed by atoms with Crippen LogP contribution in [0.2, 0.25) is 0 Å². The van der Waals surface area contributed by atoms with Crippen LogP contribution < -0.4 is 0 Å². The van der Waals surface area contributed by atoms with Crippen LogP contribution in [-0.4, -0.2) is 38.6 Å². The molecule has 2 aliphatic heterocycles. The Balaban J connectivity index is 1.63. The number of ether oxygens (including phenoxy) is 1. The standard InChI is InChI=1S/C19H23N3O2/c1-19(2,3)24-18(23)22-13-4-5-14(22)9-12(8-13)16-10-21-17-11-20-7-6-15(16)17/h6-8,10-11,13-14,21H,4-5,9H2,1-3H3. The number of amides is 1. The van der Waals surface area contributed by atoms with Gasteiger partial charge in [0.1, 0.15) is 5.60 Å².